The first kappa shape index (κ1) is 17.5. The molecular formula is C23H24N2O2. The number of amides is 2. The van der Waals surface area contributed by atoms with E-state index in [1.807, 2.05) is 72.8 Å². The van der Waals surface area contributed by atoms with Crippen molar-refractivity contribution in [3.63, 3.8) is 0 Å². The number of rotatable bonds is 5. The molecular weight excluding hydrogens is 336 g/mol. The fourth-order valence-corrected chi connectivity index (χ4v) is 4.04. The van der Waals surface area contributed by atoms with Crippen LogP contribution in [0.2, 0.25) is 0 Å². The molecule has 0 radical (unpaired) electrons. The molecule has 2 amide bonds. The maximum atomic E-state index is 13.3. The molecule has 27 heavy (non-hydrogen) atoms. The molecule has 1 N–H and O–H groups in total. The number of carbonyl (C=O) groups is 2. The van der Waals surface area contributed by atoms with E-state index in [1.165, 1.54) is 0 Å². The molecule has 1 saturated heterocycles. The van der Waals surface area contributed by atoms with Gasteiger partial charge in [-0.25, -0.2) is 0 Å². The van der Waals surface area contributed by atoms with Crippen LogP contribution in [0, 0.1) is 0 Å². The van der Waals surface area contributed by atoms with Crippen LogP contribution in [0.1, 0.15) is 37.7 Å². The van der Waals surface area contributed by atoms with Gasteiger partial charge in [0.1, 0.15) is 0 Å². The number of anilines is 1. The van der Waals surface area contributed by atoms with Crippen molar-refractivity contribution in [2.45, 2.75) is 43.7 Å². The second-order valence-electron chi connectivity index (χ2n) is 7.36. The molecule has 1 aliphatic carbocycles. The molecule has 2 fully saturated rings. The zero-order valence-electron chi connectivity index (χ0n) is 15.3. The van der Waals surface area contributed by atoms with Crippen LogP contribution < -0.4 is 10.2 Å². The SMILES string of the molecule is O=C1CC(/C=C/c2ccccc2)(C(=O)NC2CCCC2)N1c1ccccc1. The van der Waals surface area contributed by atoms with E-state index in [0.717, 1.165) is 36.9 Å². The Morgan fingerprint density at radius 3 is 2.26 bits per heavy atom. The topological polar surface area (TPSA) is 49.4 Å². The largest absolute Gasteiger partial charge is 0.351 e. The highest BCUT2D eigenvalue weighted by atomic mass is 16.2. The Morgan fingerprint density at radius 2 is 1.63 bits per heavy atom. The summed E-state index contributed by atoms with van der Waals surface area (Å²) in [6.07, 6.45) is 8.37. The van der Waals surface area contributed by atoms with E-state index in [1.54, 1.807) is 4.90 Å². The van der Waals surface area contributed by atoms with Crippen LogP contribution in [0.5, 0.6) is 0 Å². The van der Waals surface area contributed by atoms with Crippen molar-refractivity contribution >= 4 is 23.6 Å². The lowest BCUT2D eigenvalue weighted by Gasteiger charge is -2.49. The lowest BCUT2D eigenvalue weighted by Crippen LogP contribution is -2.70. The van der Waals surface area contributed by atoms with Crippen LogP contribution in [0.4, 0.5) is 5.69 Å². The molecule has 138 valence electrons. The summed E-state index contributed by atoms with van der Waals surface area (Å²) in [6, 6.07) is 19.5. The average Bonchev–Trinajstić information content (AvgIpc) is 3.19. The van der Waals surface area contributed by atoms with Gasteiger partial charge in [-0.2, -0.15) is 0 Å². The third kappa shape index (κ3) is 3.39. The molecule has 4 rings (SSSR count). The highest BCUT2D eigenvalue weighted by Crippen LogP contribution is 2.39. The predicted molar refractivity (Wildman–Crippen MR) is 107 cm³/mol. The van der Waals surface area contributed by atoms with Gasteiger partial charge in [-0.1, -0.05) is 67.4 Å². The van der Waals surface area contributed by atoms with Gasteiger partial charge in [-0.15, -0.1) is 0 Å². The molecule has 2 aromatic rings. The van der Waals surface area contributed by atoms with E-state index in [4.69, 9.17) is 0 Å². The van der Waals surface area contributed by atoms with E-state index in [-0.39, 0.29) is 24.3 Å². The summed E-state index contributed by atoms with van der Waals surface area (Å²) in [5, 5.41) is 3.19. The van der Waals surface area contributed by atoms with Crippen LogP contribution in [0.3, 0.4) is 0 Å². The molecule has 2 aromatic carbocycles. The fraction of sp³-hybridized carbons (Fsp3) is 0.304. The van der Waals surface area contributed by atoms with E-state index in [9.17, 15) is 9.59 Å². The van der Waals surface area contributed by atoms with Crippen molar-refractivity contribution in [1.29, 1.82) is 0 Å². The summed E-state index contributed by atoms with van der Waals surface area (Å²) in [5.41, 5.74) is 0.808. The third-order valence-electron chi connectivity index (χ3n) is 5.52. The summed E-state index contributed by atoms with van der Waals surface area (Å²) in [7, 11) is 0. The Bertz CT molecular complexity index is 841. The van der Waals surface area contributed by atoms with Gasteiger partial charge < -0.3 is 5.32 Å². The van der Waals surface area contributed by atoms with Crippen molar-refractivity contribution in [1.82, 2.24) is 5.32 Å². The van der Waals surface area contributed by atoms with Crippen molar-refractivity contribution in [2.24, 2.45) is 0 Å². The van der Waals surface area contributed by atoms with Crippen LogP contribution in [-0.4, -0.2) is 23.4 Å². The zero-order valence-corrected chi connectivity index (χ0v) is 15.3. The molecule has 0 spiro atoms. The van der Waals surface area contributed by atoms with Gasteiger partial charge in [0.25, 0.3) is 5.91 Å². The minimum absolute atomic E-state index is 0.0273. The van der Waals surface area contributed by atoms with Gasteiger partial charge in [0.2, 0.25) is 5.91 Å². The number of nitrogens with one attached hydrogen (secondary N) is 1. The number of para-hydroxylation sites is 1. The van der Waals surface area contributed by atoms with Gasteiger partial charge in [0, 0.05) is 11.7 Å². The maximum absolute atomic E-state index is 13.3. The Kier molecular flexibility index (Phi) is 4.80. The summed E-state index contributed by atoms with van der Waals surface area (Å²) < 4.78 is 0. The summed E-state index contributed by atoms with van der Waals surface area (Å²) >= 11 is 0. The van der Waals surface area contributed by atoms with Gasteiger partial charge in [-0.05, 0) is 36.6 Å². The number of β-lactam (4-membered cyclic amide) rings is 1. The van der Waals surface area contributed by atoms with Crippen molar-refractivity contribution in [2.75, 3.05) is 4.90 Å². The third-order valence-corrected chi connectivity index (χ3v) is 5.52. The maximum Gasteiger partial charge on any atom is 0.251 e. The lowest BCUT2D eigenvalue weighted by atomic mass is 9.80. The first-order valence-electron chi connectivity index (χ1n) is 9.62. The monoisotopic (exact) mass is 360 g/mol. The number of carbonyl (C=O) groups excluding carboxylic acids is 2. The minimum Gasteiger partial charge on any atom is -0.351 e. The minimum atomic E-state index is -0.961. The lowest BCUT2D eigenvalue weighted by molar-refractivity contribution is -0.137. The van der Waals surface area contributed by atoms with E-state index >= 15 is 0 Å². The van der Waals surface area contributed by atoms with Crippen molar-refractivity contribution in [3.8, 4) is 0 Å². The number of hydrogen-bond acceptors (Lipinski definition) is 2. The molecule has 0 bridgehead atoms. The highest BCUT2D eigenvalue weighted by molar-refractivity contribution is 6.15. The van der Waals surface area contributed by atoms with Gasteiger partial charge in [0.05, 0.1) is 6.42 Å². The van der Waals surface area contributed by atoms with Gasteiger partial charge in [-0.3, -0.25) is 14.5 Å². The molecule has 1 heterocycles. The molecule has 0 aromatic heterocycles. The van der Waals surface area contributed by atoms with E-state index in [2.05, 4.69) is 5.32 Å². The smallest absolute Gasteiger partial charge is 0.251 e. The second-order valence-corrected chi connectivity index (χ2v) is 7.36. The number of benzene rings is 2. The Labute approximate surface area is 159 Å². The predicted octanol–water partition coefficient (Wildman–Crippen LogP) is 3.93. The fourth-order valence-electron chi connectivity index (χ4n) is 4.04. The standard InChI is InChI=1S/C23H24N2O2/c26-21-17-23(16-15-18-9-3-1-4-10-18,22(27)24-19-11-7-8-12-19)25(21)20-13-5-2-6-14-20/h1-6,9-10,13-16,19H,7-8,11-12,17H2,(H,24,27)/b16-15+. The Balaban J connectivity index is 1.67. The molecule has 2 aliphatic rings. The summed E-state index contributed by atoms with van der Waals surface area (Å²) in [4.78, 5) is 27.4. The average molecular weight is 360 g/mol. The molecule has 1 atom stereocenters. The summed E-state index contributed by atoms with van der Waals surface area (Å²) in [5.74, 6) is -0.106. The summed E-state index contributed by atoms with van der Waals surface area (Å²) in [6.45, 7) is 0. The first-order valence-corrected chi connectivity index (χ1v) is 9.62. The molecule has 1 aliphatic heterocycles. The van der Waals surface area contributed by atoms with Crippen molar-refractivity contribution in [3.05, 3.63) is 72.3 Å². The quantitative estimate of drug-likeness (QED) is 0.821. The van der Waals surface area contributed by atoms with Crippen LogP contribution >= 0.6 is 0 Å². The van der Waals surface area contributed by atoms with Gasteiger partial charge in [0.15, 0.2) is 5.54 Å². The molecule has 1 saturated carbocycles. The molecule has 1 unspecified atom stereocenters. The van der Waals surface area contributed by atoms with Crippen molar-refractivity contribution < 1.29 is 9.59 Å². The van der Waals surface area contributed by atoms with Crippen LogP contribution in [0.25, 0.3) is 6.08 Å². The first-order chi connectivity index (χ1) is 13.2. The van der Waals surface area contributed by atoms with E-state index in [0.29, 0.717) is 0 Å². The highest BCUT2D eigenvalue weighted by Gasteiger charge is 2.55. The van der Waals surface area contributed by atoms with Crippen LogP contribution in [-0.2, 0) is 9.59 Å². The Morgan fingerprint density at radius 1 is 1.00 bits per heavy atom. The van der Waals surface area contributed by atoms with E-state index < -0.39 is 5.54 Å². The molecule has 4 nitrogen and oxygen atoms in total. The van der Waals surface area contributed by atoms with Gasteiger partial charge >= 0.3 is 0 Å². The van der Waals surface area contributed by atoms with Crippen LogP contribution in [0.15, 0.2) is 66.7 Å². The molecule has 4 heteroatoms. The number of nitrogens with zero attached hydrogens (tertiary/aromatic N) is 1. The normalized spacial score (nSPS) is 22.8. The number of hydrogen-bond donors (Lipinski definition) is 1. The second kappa shape index (κ2) is 7.39. The Hall–Kier alpha value is -2.88. The zero-order chi connectivity index (χ0) is 18.7.